The molecule has 8 nitrogen and oxygen atoms in total. The van der Waals surface area contributed by atoms with Crippen LogP contribution in [0, 0.1) is 10.1 Å². The molecule has 1 amide bonds. The highest BCUT2D eigenvalue weighted by Crippen LogP contribution is 2.33. The van der Waals surface area contributed by atoms with Gasteiger partial charge in [0.2, 0.25) is 0 Å². The molecular formula is C12H12ClN5O3. The van der Waals surface area contributed by atoms with Crippen molar-refractivity contribution in [1.29, 1.82) is 0 Å². The average molecular weight is 310 g/mol. The molecule has 110 valence electrons. The van der Waals surface area contributed by atoms with Gasteiger partial charge in [0, 0.05) is 31.1 Å². The molecule has 0 aliphatic carbocycles. The van der Waals surface area contributed by atoms with Crippen molar-refractivity contribution in [2.24, 2.45) is 0 Å². The number of hydrogen-bond acceptors (Lipinski definition) is 5. The lowest BCUT2D eigenvalue weighted by molar-refractivity contribution is -0.383. The number of hydrogen-bond donors (Lipinski definition) is 3. The summed E-state index contributed by atoms with van der Waals surface area (Å²) in [5.74, 6) is 0.106. The number of H-pyrrole nitrogens is 1. The van der Waals surface area contributed by atoms with Crippen molar-refractivity contribution in [2.45, 2.75) is 6.54 Å². The zero-order valence-electron chi connectivity index (χ0n) is 11.0. The van der Waals surface area contributed by atoms with Crippen molar-refractivity contribution in [1.82, 2.24) is 15.3 Å². The molecule has 1 heterocycles. The Balaban J connectivity index is 2.23. The molecule has 0 aliphatic rings. The molecule has 0 saturated heterocycles. The van der Waals surface area contributed by atoms with E-state index in [-0.39, 0.29) is 28.5 Å². The van der Waals surface area contributed by atoms with Gasteiger partial charge in [-0.15, -0.1) is 0 Å². The van der Waals surface area contributed by atoms with Gasteiger partial charge in [0.05, 0.1) is 16.5 Å². The van der Waals surface area contributed by atoms with Gasteiger partial charge in [-0.3, -0.25) is 14.9 Å². The number of nitrogens with zero attached hydrogens (tertiary/aromatic N) is 2. The fraction of sp³-hybridized carbons (Fsp3) is 0.167. The second-order valence-corrected chi connectivity index (χ2v) is 4.49. The molecule has 0 spiro atoms. The van der Waals surface area contributed by atoms with Crippen molar-refractivity contribution < 1.29 is 9.72 Å². The van der Waals surface area contributed by atoms with E-state index in [2.05, 4.69) is 20.6 Å². The van der Waals surface area contributed by atoms with E-state index in [0.29, 0.717) is 5.82 Å². The average Bonchev–Trinajstić information content (AvgIpc) is 2.96. The summed E-state index contributed by atoms with van der Waals surface area (Å²) in [5, 5.41) is 16.4. The first-order chi connectivity index (χ1) is 10.0. The van der Waals surface area contributed by atoms with Crippen LogP contribution in [-0.2, 0) is 6.54 Å². The molecule has 0 fully saturated rings. The topological polar surface area (TPSA) is 113 Å². The van der Waals surface area contributed by atoms with Crippen LogP contribution in [0.5, 0.6) is 0 Å². The summed E-state index contributed by atoms with van der Waals surface area (Å²) >= 11 is 5.96. The summed E-state index contributed by atoms with van der Waals surface area (Å²) in [7, 11) is 1.52. The molecule has 1 aromatic carbocycles. The molecule has 21 heavy (non-hydrogen) atoms. The van der Waals surface area contributed by atoms with Crippen molar-refractivity contribution >= 4 is 28.9 Å². The summed E-state index contributed by atoms with van der Waals surface area (Å²) in [6, 6.07) is 2.55. The minimum absolute atomic E-state index is 0.106. The van der Waals surface area contributed by atoms with Crippen LogP contribution < -0.4 is 10.6 Å². The van der Waals surface area contributed by atoms with Gasteiger partial charge in [-0.2, -0.15) is 0 Å². The molecule has 0 radical (unpaired) electrons. The number of carbonyl (C=O) groups is 1. The first kappa shape index (κ1) is 14.8. The van der Waals surface area contributed by atoms with Crippen molar-refractivity contribution in [2.75, 3.05) is 12.4 Å². The van der Waals surface area contributed by atoms with Crippen LogP contribution in [0.1, 0.15) is 16.2 Å². The van der Waals surface area contributed by atoms with Gasteiger partial charge in [-0.05, 0) is 6.07 Å². The number of aromatic amines is 1. The van der Waals surface area contributed by atoms with E-state index >= 15 is 0 Å². The van der Waals surface area contributed by atoms with E-state index in [9.17, 15) is 14.9 Å². The van der Waals surface area contributed by atoms with Gasteiger partial charge in [0.25, 0.3) is 11.6 Å². The van der Waals surface area contributed by atoms with Gasteiger partial charge >= 0.3 is 0 Å². The highest BCUT2D eigenvalue weighted by atomic mass is 35.5. The van der Waals surface area contributed by atoms with Gasteiger partial charge in [0.1, 0.15) is 11.5 Å². The zero-order chi connectivity index (χ0) is 15.4. The molecule has 1 aromatic heterocycles. The van der Waals surface area contributed by atoms with Gasteiger partial charge < -0.3 is 15.6 Å². The minimum Gasteiger partial charge on any atom is -0.381 e. The fourth-order valence-corrected chi connectivity index (χ4v) is 2.08. The van der Waals surface area contributed by atoms with Crippen LogP contribution in [0.4, 0.5) is 11.4 Å². The van der Waals surface area contributed by atoms with Gasteiger partial charge in [-0.25, -0.2) is 4.98 Å². The lowest BCUT2D eigenvalue weighted by atomic mass is 10.1. The van der Waals surface area contributed by atoms with E-state index in [1.807, 2.05) is 0 Å². The smallest absolute Gasteiger partial charge is 0.294 e. The normalized spacial score (nSPS) is 10.2. The maximum absolute atomic E-state index is 12.0. The van der Waals surface area contributed by atoms with Crippen molar-refractivity contribution in [3.05, 3.63) is 51.1 Å². The molecule has 2 rings (SSSR count). The quantitative estimate of drug-likeness (QED) is 0.577. The SMILES string of the molecule is CNc1c(Cl)cc(C(=O)NCc2ncc[nH]2)cc1[N+](=O)[O-]. The van der Waals surface area contributed by atoms with Gasteiger partial charge in [0.15, 0.2) is 0 Å². The molecule has 3 N–H and O–H groups in total. The van der Waals surface area contributed by atoms with Crippen molar-refractivity contribution in [3.63, 3.8) is 0 Å². The molecular weight excluding hydrogens is 298 g/mol. The summed E-state index contributed by atoms with van der Waals surface area (Å²) < 4.78 is 0. The predicted octanol–water partition coefficient (Wildman–Crippen LogP) is 1.94. The second kappa shape index (κ2) is 6.23. The number of carbonyl (C=O) groups excluding carboxylic acids is 1. The Morgan fingerprint density at radius 2 is 2.29 bits per heavy atom. The fourth-order valence-electron chi connectivity index (χ4n) is 1.78. The lowest BCUT2D eigenvalue weighted by Gasteiger charge is -2.08. The number of rotatable bonds is 5. The van der Waals surface area contributed by atoms with Crippen LogP contribution in [0.15, 0.2) is 24.5 Å². The molecule has 9 heteroatoms. The third kappa shape index (κ3) is 3.29. The first-order valence-electron chi connectivity index (χ1n) is 5.95. The Bertz CT molecular complexity index is 672. The number of benzene rings is 1. The minimum atomic E-state index is -0.596. The highest BCUT2D eigenvalue weighted by molar-refractivity contribution is 6.34. The van der Waals surface area contributed by atoms with Crippen molar-refractivity contribution in [3.8, 4) is 0 Å². The summed E-state index contributed by atoms with van der Waals surface area (Å²) in [4.78, 5) is 29.2. The maximum atomic E-state index is 12.0. The van der Waals surface area contributed by atoms with E-state index in [1.54, 1.807) is 12.4 Å². The first-order valence-corrected chi connectivity index (χ1v) is 6.33. The Kier molecular flexibility index (Phi) is 4.39. The van der Waals surface area contributed by atoms with Crippen LogP contribution in [0.2, 0.25) is 5.02 Å². The summed E-state index contributed by atoms with van der Waals surface area (Å²) in [5.41, 5.74) is 0.0228. The van der Waals surface area contributed by atoms with E-state index < -0.39 is 10.8 Å². The Labute approximate surface area is 124 Å². The summed E-state index contributed by atoms with van der Waals surface area (Å²) in [6.07, 6.45) is 3.19. The second-order valence-electron chi connectivity index (χ2n) is 4.08. The number of nitro groups is 1. The summed E-state index contributed by atoms with van der Waals surface area (Å²) in [6.45, 7) is 0.186. The molecule has 0 aliphatic heterocycles. The van der Waals surface area contributed by atoms with Crippen LogP contribution in [0.25, 0.3) is 0 Å². The monoisotopic (exact) mass is 309 g/mol. The predicted molar refractivity (Wildman–Crippen MR) is 77.4 cm³/mol. The number of aromatic nitrogens is 2. The van der Waals surface area contributed by atoms with Gasteiger partial charge in [-0.1, -0.05) is 11.6 Å². The molecule has 0 saturated carbocycles. The van der Waals surface area contributed by atoms with Crippen LogP contribution in [-0.4, -0.2) is 27.8 Å². The Hall–Kier alpha value is -2.61. The third-order valence-electron chi connectivity index (χ3n) is 2.75. The third-order valence-corrected chi connectivity index (χ3v) is 3.05. The standard InChI is InChI=1S/C12H12ClN5O3/c1-14-11-8(13)4-7(5-9(11)18(20)21)12(19)17-6-10-15-2-3-16-10/h2-5,14H,6H2,1H3,(H,15,16)(H,17,19). The number of nitro benzene ring substituents is 1. The highest BCUT2D eigenvalue weighted by Gasteiger charge is 2.20. The van der Waals surface area contributed by atoms with E-state index in [0.717, 1.165) is 0 Å². The molecule has 0 atom stereocenters. The number of halogens is 1. The van der Waals surface area contributed by atoms with Crippen LogP contribution in [0.3, 0.4) is 0 Å². The van der Waals surface area contributed by atoms with Crippen LogP contribution >= 0.6 is 11.6 Å². The molecule has 2 aromatic rings. The number of anilines is 1. The molecule has 0 unspecified atom stereocenters. The van der Waals surface area contributed by atoms with E-state index in [1.165, 1.54) is 19.2 Å². The Morgan fingerprint density at radius 1 is 1.52 bits per heavy atom. The zero-order valence-corrected chi connectivity index (χ0v) is 11.8. The number of amides is 1. The largest absolute Gasteiger partial charge is 0.381 e. The van der Waals surface area contributed by atoms with E-state index in [4.69, 9.17) is 11.6 Å². The lowest BCUT2D eigenvalue weighted by Crippen LogP contribution is -2.23. The number of nitrogens with one attached hydrogen (secondary N) is 3. The number of imidazole rings is 1. The Morgan fingerprint density at radius 3 is 2.86 bits per heavy atom. The maximum Gasteiger partial charge on any atom is 0.294 e. The molecule has 0 bridgehead atoms.